The molecule has 0 atom stereocenters. The highest BCUT2D eigenvalue weighted by Crippen LogP contribution is 2.23. The Morgan fingerprint density at radius 1 is 1.37 bits per heavy atom. The van der Waals surface area contributed by atoms with Crippen LogP contribution in [0.2, 0.25) is 0 Å². The Bertz CT molecular complexity index is 555. The smallest absolute Gasteiger partial charge is 0.276 e. The van der Waals surface area contributed by atoms with Crippen LogP contribution >= 0.6 is 27.3 Å². The molecule has 0 saturated heterocycles. The van der Waals surface area contributed by atoms with Gasteiger partial charge in [-0.1, -0.05) is 18.3 Å². The topological polar surface area (TPSA) is 66.9 Å². The minimum Gasteiger partial charge on any atom is -0.384 e. The summed E-state index contributed by atoms with van der Waals surface area (Å²) >= 11 is 4.65. The average molecular weight is 341 g/mol. The van der Waals surface area contributed by atoms with Crippen LogP contribution in [0.15, 0.2) is 28.3 Å². The highest BCUT2D eigenvalue weighted by atomic mass is 79.9. The Labute approximate surface area is 123 Å². The SMILES string of the molecule is CCCNc1ccc(C(=O)Nc2ncc(Br)s2)nc1. The number of pyridine rings is 1. The molecular formula is C12H13BrN4OS. The van der Waals surface area contributed by atoms with Crippen molar-refractivity contribution in [1.82, 2.24) is 9.97 Å². The first-order valence-electron chi connectivity index (χ1n) is 5.81. The van der Waals surface area contributed by atoms with Gasteiger partial charge in [0.2, 0.25) is 0 Å². The number of thiazole rings is 1. The highest BCUT2D eigenvalue weighted by Gasteiger charge is 2.09. The van der Waals surface area contributed by atoms with Gasteiger partial charge in [-0.25, -0.2) is 9.97 Å². The van der Waals surface area contributed by atoms with Crippen LogP contribution in [0, 0.1) is 0 Å². The molecule has 5 nitrogen and oxygen atoms in total. The Balaban J connectivity index is 1.99. The summed E-state index contributed by atoms with van der Waals surface area (Å²) in [7, 11) is 0. The van der Waals surface area contributed by atoms with Crippen LogP contribution in [0.25, 0.3) is 0 Å². The van der Waals surface area contributed by atoms with Gasteiger partial charge in [0.05, 0.1) is 21.9 Å². The number of amides is 1. The van der Waals surface area contributed by atoms with Crippen LogP contribution < -0.4 is 10.6 Å². The first kappa shape index (κ1) is 14.0. The van der Waals surface area contributed by atoms with E-state index in [4.69, 9.17) is 0 Å². The number of hydrogen-bond acceptors (Lipinski definition) is 5. The lowest BCUT2D eigenvalue weighted by molar-refractivity contribution is 0.102. The van der Waals surface area contributed by atoms with E-state index in [2.05, 4.69) is 43.5 Å². The molecule has 0 radical (unpaired) electrons. The molecule has 0 fully saturated rings. The van der Waals surface area contributed by atoms with E-state index in [-0.39, 0.29) is 5.91 Å². The van der Waals surface area contributed by atoms with Crippen LogP contribution in [0.4, 0.5) is 10.8 Å². The van der Waals surface area contributed by atoms with Gasteiger partial charge in [-0.15, -0.1) is 0 Å². The van der Waals surface area contributed by atoms with Gasteiger partial charge in [0.15, 0.2) is 5.13 Å². The molecule has 100 valence electrons. The van der Waals surface area contributed by atoms with Crippen molar-refractivity contribution in [2.45, 2.75) is 13.3 Å². The van der Waals surface area contributed by atoms with Crippen LogP contribution in [0.1, 0.15) is 23.8 Å². The average Bonchev–Trinajstić information content (AvgIpc) is 2.82. The molecule has 2 heterocycles. The van der Waals surface area contributed by atoms with Crippen LogP contribution in [0.5, 0.6) is 0 Å². The highest BCUT2D eigenvalue weighted by molar-refractivity contribution is 9.11. The number of nitrogens with one attached hydrogen (secondary N) is 2. The van der Waals surface area contributed by atoms with E-state index in [0.29, 0.717) is 10.8 Å². The molecule has 0 unspecified atom stereocenters. The zero-order valence-electron chi connectivity index (χ0n) is 10.3. The molecule has 0 aliphatic carbocycles. The summed E-state index contributed by atoms with van der Waals surface area (Å²) < 4.78 is 0.870. The lowest BCUT2D eigenvalue weighted by Gasteiger charge is -2.05. The molecule has 0 aliphatic heterocycles. The van der Waals surface area contributed by atoms with E-state index < -0.39 is 0 Å². The molecule has 2 aromatic rings. The Kier molecular flexibility index (Phi) is 4.86. The minimum atomic E-state index is -0.260. The molecule has 2 rings (SSSR count). The summed E-state index contributed by atoms with van der Waals surface area (Å²) in [6.45, 7) is 2.98. The molecule has 0 bridgehead atoms. The maximum atomic E-state index is 11.9. The second kappa shape index (κ2) is 6.63. The van der Waals surface area contributed by atoms with E-state index in [1.165, 1.54) is 11.3 Å². The largest absolute Gasteiger partial charge is 0.384 e. The first-order valence-corrected chi connectivity index (χ1v) is 7.42. The molecule has 2 N–H and O–H groups in total. The zero-order valence-corrected chi connectivity index (χ0v) is 12.7. The van der Waals surface area contributed by atoms with E-state index >= 15 is 0 Å². The standard InChI is InChI=1S/C12H13BrN4OS/c1-2-5-14-8-3-4-9(15-6-8)11(18)17-12-16-7-10(13)19-12/h3-4,6-7,14H,2,5H2,1H3,(H,16,17,18). The fourth-order valence-electron chi connectivity index (χ4n) is 1.38. The van der Waals surface area contributed by atoms with Crippen molar-refractivity contribution in [3.05, 3.63) is 34.0 Å². The second-order valence-corrected chi connectivity index (χ2v) is 6.19. The fourth-order valence-corrected chi connectivity index (χ4v) is 2.48. The number of carbonyl (C=O) groups excluding carboxylic acids is 1. The quantitative estimate of drug-likeness (QED) is 0.875. The van der Waals surface area contributed by atoms with Gasteiger partial charge in [-0.2, -0.15) is 0 Å². The fraction of sp³-hybridized carbons (Fsp3) is 0.250. The van der Waals surface area contributed by atoms with Crippen molar-refractivity contribution in [3.8, 4) is 0 Å². The summed E-state index contributed by atoms with van der Waals surface area (Å²) in [5, 5.41) is 6.45. The number of halogens is 1. The van der Waals surface area contributed by atoms with Gasteiger partial charge >= 0.3 is 0 Å². The van der Waals surface area contributed by atoms with Crippen molar-refractivity contribution in [2.75, 3.05) is 17.2 Å². The van der Waals surface area contributed by atoms with Gasteiger partial charge in [-0.05, 0) is 34.5 Å². The molecule has 0 saturated carbocycles. The van der Waals surface area contributed by atoms with E-state index in [9.17, 15) is 4.79 Å². The Morgan fingerprint density at radius 2 is 2.21 bits per heavy atom. The molecule has 0 aromatic carbocycles. The molecule has 0 spiro atoms. The normalized spacial score (nSPS) is 10.2. The van der Waals surface area contributed by atoms with E-state index in [0.717, 1.165) is 22.4 Å². The van der Waals surface area contributed by atoms with Gasteiger partial charge in [0.25, 0.3) is 5.91 Å². The predicted octanol–water partition coefficient (Wildman–Crippen LogP) is 3.37. The predicted molar refractivity (Wildman–Crippen MR) is 80.8 cm³/mol. The Hall–Kier alpha value is -1.47. The summed E-state index contributed by atoms with van der Waals surface area (Å²) in [6, 6.07) is 3.53. The third-order valence-electron chi connectivity index (χ3n) is 2.27. The number of hydrogen-bond donors (Lipinski definition) is 2. The van der Waals surface area contributed by atoms with Crippen molar-refractivity contribution in [3.63, 3.8) is 0 Å². The zero-order chi connectivity index (χ0) is 13.7. The number of aromatic nitrogens is 2. The van der Waals surface area contributed by atoms with Gasteiger partial charge < -0.3 is 5.32 Å². The van der Waals surface area contributed by atoms with Crippen LogP contribution in [0.3, 0.4) is 0 Å². The molecule has 7 heteroatoms. The lowest BCUT2D eigenvalue weighted by atomic mass is 10.3. The number of nitrogens with zero attached hydrogens (tertiary/aromatic N) is 2. The molecule has 1 amide bonds. The maximum absolute atomic E-state index is 11.9. The molecule has 19 heavy (non-hydrogen) atoms. The maximum Gasteiger partial charge on any atom is 0.276 e. The van der Waals surface area contributed by atoms with E-state index in [1.807, 2.05) is 6.07 Å². The summed E-state index contributed by atoms with van der Waals surface area (Å²) in [5.74, 6) is -0.260. The van der Waals surface area contributed by atoms with E-state index in [1.54, 1.807) is 18.5 Å². The van der Waals surface area contributed by atoms with Gasteiger partial charge in [0.1, 0.15) is 5.69 Å². The molecule has 2 aromatic heterocycles. The minimum absolute atomic E-state index is 0.260. The third-order valence-corrected chi connectivity index (χ3v) is 3.66. The summed E-state index contributed by atoms with van der Waals surface area (Å²) in [6.07, 6.45) is 4.34. The van der Waals surface area contributed by atoms with Crippen LogP contribution in [-0.4, -0.2) is 22.4 Å². The number of carbonyl (C=O) groups is 1. The van der Waals surface area contributed by atoms with Crippen molar-refractivity contribution >= 4 is 44.0 Å². The first-order chi connectivity index (χ1) is 9.19. The summed E-state index contributed by atoms with van der Waals surface area (Å²) in [5.41, 5.74) is 1.28. The van der Waals surface area contributed by atoms with Crippen LogP contribution in [-0.2, 0) is 0 Å². The summed E-state index contributed by atoms with van der Waals surface area (Å²) in [4.78, 5) is 20.1. The van der Waals surface area contributed by atoms with Gasteiger partial charge in [0, 0.05) is 6.54 Å². The third kappa shape index (κ3) is 4.00. The monoisotopic (exact) mass is 340 g/mol. The number of rotatable bonds is 5. The lowest BCUT2D eigenvalue weighted by Crippen LogP contribution is -2.13. The van der Waals surface area contributed by atoms with Crippen molar-refractivity contribution < 1.29 is 4.79 Å². The second-order valence-electron chi connectivity index (χ2n) is 3.78. The van der Waals surface area contributed by atoms with Gasteiger partial charge in [-0.3, -0.25) is 10.1 Å². The molecular weight excluding hydrogens is 328 g/mol. The van der Waals surface area contributed by atoms with Crippen molar-refractivity contribution in [2.24, 2.45) is 0 Å². The number of anilines is 2. The molecule has 0 aliphatic rings. The Morgan fingerprint density at radius 3 is 2.79 bits per heavy atom. The van der Waals surface area contributed by atoms with Crippen molar-refractivity contribution in [1.29, 1.82) is 0 Å².